The van der Waals surface area contributed by atoms with E-state index in [1.807, 2.05) is 97.1 Å². The van der Waals surface area contributed by atoms with Crippen LogP contribution in [0.1, 0.15) is 22.4 Å². The van der Waals surface area contributed by atoms with Crippen molar-refractivity contribution in [1.82, 2.24) is 9.97 Å². The van der Waals surface area contributed by atoms with Gasteiger partial charge in [0.05, 0.1) is 5.69 Å². The molecule has 2 N–H and O–H groups in total. The SMILES string of the molecule is Cc1ccc(N=C2N=C(c3ccccc3)N=C2c2[nH]c(-c3ccccc3)nc2Nc2ccc(C)cc2)cc1. The van der Waals surface area contributed by atoms with E-state index in [2.05, 4.69) is 36.3 Å². The highest BCUT2D eigenvalue weighted by Crippen LogP contribution is 2.28. The molecule has 38 heavy (non-hydrogen) atoms. The van der Waals surface area contributed by atoms with Crippen LogP contribution in [0.3, 0.4) is 0 Å². The van der Waals surface area contributed by atoms with Crippen LogP contribution in [0.15, 0.2) is 124 Å². The number of hydrogen-bond acceptors (Lipinski definition) is 4. The van der Waals surface area contributed by atoms with E-state index in [1.165, 1.54) is 11.1 Å². The van der Waals surface area contributed by atoms with Gasteiger partial charge in [-0.05, 0) is 38.1 Å². The molecule has 0 fully saturated rings. The van der Waals surface area contributed by atoms with Gasteiger partial charge in [-0.25, -0.2) is 20.0 Å². The second kappa shape index (κ2) is 10.1. The summed E-state index contributed by atoms with van der Waals surface area (Å²) in [5, 5.41) is 3.48. The van der Waals surface area contributed by atoms with Gasteiger partial charge in [0.1, 0.15) is 17.2 Å². The van der Waals surface area contributed by atoms with Crippen molar-refractivity contribution in [3.05, 3.63) is 132 Å². The fourth-order valence-electron chi connectivity index (χ4n) is 4.18. The molecule has 0 unspecified atom stereocenters. The largest absolute Gasteiger partial charge is 0.338 e. The van der Waals surface area contributed by atoms with Crippen LogP contribution in [0.25, 0.3) is 11.4 Å². The fourth-order valence-corrected chi connectivity index (χ4v) is 4.18. The van der Waals surface area contributed by atoms with Crippen LogP contribution < -0.4 is 5.32 Å². The van der Waals surface area contributed by atoms with Gasteiger partial charge in [-0.3, -0.25) is 0 Å². The lowest BCUT2D eigenvalue weighted by Crippen LogP contribution is -2.12. The summed E-state index contributed by atoms with van der Waals surface area (Å²) < 4.78 is 0. The average molecular weight is 495 g/mol. The standard InChI is InChI=1S/C32H26N6/c1-21-13-17-25(18-14-21)33-31-27(35-29(37-31)23-9-5-3-6-10-23)28-32(34-26-19-15-22(2)16-20-26)38-30(36-28)24-11-7-4-8-12-24/h3-20,33H,1-2H3,(H,35,37). The van der Waals surface area contributed by atoms with E-state index in [0.29, 0.717) is 23.2 Å². The number of rotatable bonds is 6. The maximum atomic E-state index is 4.97. The van der Waals surface area contributed by atoms with Gasteiger partial charge in [-0.15, -0.1) is 0 Å². The van der Waals surface area contributed by atoms with Gasteiger partial charge in [0.2, 0.25) is 0 Å². The zero-order chi connectivity index (χ0) is 25.9. The van der Waals surface area contributed by atoms with Crippen molar-refractivity contribution in [3.8, 4) is 11.4 Å². The molecule has 0 bridgehead atoms. The highest BCUT2D eigenvalue weighted by molar-refractivity contribution is 6.54. The van der Waals surface area contributed by atoms with Gasteiger partial charge in [0, 0.05) is 16.8 Å². The van der Waals surface area contributed by atoms with Crippen molar-refractivity contribution in [1.29, 1.82) is 0 Å². The van der Waals surface area contributed by atoms with Gasteiger partial charge in [0.25, 0.3) is 0 Å². The minimum absolute atomic E-state index is 0.530. The topological polar surface area (TPSA) is 77.8 Å². The summed E-state index contributed by atoms with van der Waals surface area (Å²) >= 11 is 0. The first kappa shape index (κ1) is 23.3. The number of nitrogens with one attached hydrogen (secondary N) is 2. The average Bonchev–Trinajstić information content (AvgIpc) is 3.56. The van der Waals surface area contributed by atoms with E-state index >= 15 is 0 Å². The molecule has 1 aliphatic rings. The Kier molecular flexibility index (Phi) is 6.20. The molecule has 6 heteroatoms. The Bertz CT molecular complexity index is 1660. The van der Waals surface area contributed by atoms with Crippen molar-refractivity contribution in [2.75, 3.05) is 5.32 Å². The van der Waals surface area contributed by atoms with Crippen LogP contribution in [0.4, 0.5) is 17.2 Å². The second-order valence-electron chi connectivity index (χ2n) is 9.20. The number of aryl methyl sites for hydroxylation is 2. The summed E-state index contributed by atoms with van der Waals surface area (Å²) in [5.41, 5.74) is 7.37. The molecule has 0 aliphatic carbocycles. The molecule has 0 saturated carbocycles. The lowest BCUT2D eigenvalue weighted by molar-refractivity contribution is 1.30. The maximum Gasteiger partial charge on any atom is 0.183 e. The molecule has 184 valence electrons. The van der Waals surface area contributed by atoms with Crippen LogP contribution >= 0.6 is 0 Å². The molecule has 2 heterocycles. The third-order valence-corrected chi connectivity index (χ3v) is 6.24. The molecule has 1 aliphatic heterocycles. The monoisotopic (exact) mass is 494 g/mol. The third kappa shape index (κ3) is 4.92. The quantitative estimate of drug-likeness (QED) is 0.258. The normalized spacial score (nSPS) is 13.9. The van der Waals surface area contributed by atoms with E-state index in [-0.39, 0.29) is 0 Å². The first-order valence-corrected chi connectivity index (χ1v) is 12.5. The number of hydrogen-bond donors (Lipinski definition) is 2. The summed E-state index contributed by atoms with van der Waals surface area (Å²) in [6, 6.07) is 36.3. The summed E-state index contributed by atoms with van der Waals surface area (Å²) in [6.07, 6.45) is 0. The number of imidazole rings is 1. The predicted octanol–water partition coefficient (Wildman–Crippen LogP) is 7.42. The second-order valence-corrected chi connectivity index (χ2v) is 9.20. The van der Waals surface area contributed by atoms with Gasteiger partial charge >= 0.3 is 0 Å². The zero-order valence-electron chi connectivity index (χ0n) is 21.2. The number of aromatic amines is 1. The Morgan fingerprint density at radius 1 is 0.658 bits per heavy atom. The van der Waals surface area contributed by atoms with Gasteiger partial charge in [-0.1, -0.05) is 96.1 Å². The Morgan fingerprint density at radius 2 is 1.26 bits per heavy atom. The number of aromatic nitrogens is 2. The number of amidine groups is 2. The number of benzene rings is 4. The highest BCUT2D eigenvalue weighted by Gasteiger charge is 2.27. The zero-order valence-corrected chi connectivity index (χ0v) is 21.2. The number of anilines is 2. The minimum atomic E-state index is 0.530. The Balaban J connectivity index is 1.49. The van der Waals surface area contributed by atoms with Gasteiger partial charge in [-0.2, -0.15) is 0 Å². The lowest BCUT2D eigenvalue weighted by atomic mass is 10.2. The first-order chi connectivity index (χ1) is 18.6. The molecule has 0 radical (unpaired) electrons. The first-order valence-electron chi connectivity index (χ1n) is 12.5. The van der Waals surface area contributed by atoms with Crippen LogP contribution in [0.2, 0.25) is 0 Å². The molecular formula is C32H26N6. The van der Waals surface area contributed by atoms with E-state index in [4.69, 9.17) is 20.0 Å². The fraction of sp³-hybridized carbons (Fsp3) is 0.0625. The molecule has 0 amide bonds. The smallest absolute Gasteiger partial charge is 0.183 e. The van der Waals surface area contributed by atoms with Crippen molar-refractivity contribution in [3.63, 3.8) is 0 Å². The number of aliphatic imine (C=N–C) groups is 3. The maximum absolute atomic E-state index is 4.97. The summed E-state index contributed by atoms with van der Waals surface area (Å²) in [7, 11) is 0. The number of nitrogens with zero attached hydrogens (tertiary/aromatic N) is 4. The Hall–Kier alpha value is -5.10. The van der Waals surface area contributed by atoms with E-state index in [1.54, 1.807) is 0 Å². The minimum Gasteiger partial charge on any atom is -0.338 e. The molecule has 5 aromatic rings. The molecular weight excluding hydrogens is 468 g/mol. The van der Waals surface area contributed by atoms with Crippen LogP contribution in [-0.2, 0) is 0 Å². The van der Waals surface area contributed by atoms with Crippen LogP contribution in [-0.4, -0.2) is 27.4 Å². The predicted molar refractivity (Wildman–Crippen MR) is 156 cm³/mol. The summed E-state index contributed by atoms with van der Waals surface area (Å²) in [4.78, 5) is 23.2. The Labute approximate surface area is 221 Å². The Morgan fingerprint density at radius 3 is 1.92 bits per heavy atom. The van der Waals surface area contributed by atoms with Crippen LogP contribution in [0, 0.1) is 13.8 Å². The number of H-pyrrole nitrogens is 1. The van der Waals surface area contributed by atoms with E-state index in [9.17, 15) is 0 Å². The van der Waals surface area contributed by atoms with Gasteiger partial charge in [0.15, 0.2) is 17.5 Å². The van der Waals surface area contributed by atoms with Crippen molar-refractivity contribution in [2.45, 2.75) is 13.8 Å². The molecule has 6 nitrogen and oxygen atoms in total. The summed E-state index contributed by atoms with van der Waals surface area (Å²) in [5.74, 6) is 2.54. The van der Waals surface area contributed by atoms with Crippen LogP contribution in [0.5, 0.6) is 0 Å². The molecule has 0 spiro atoms. The van der Waals surface area contributed by atoms with Crippen molar-refractivity contribution < 1.29 is 0 Å². The third-order valence-electron chi connectivity index (χ3n) is 6.24. The highest BCUT2D eigenvalue weighted by atomic mass is 15.1. The molecule has 4 aromatic carbocycles. The van der Waals surface area contributed by atoms with Crippen molar-refractivity contribution >= 4 is 34.6 Å². The molecule has 0 atom stereocenters. The molecule has 6 rings (SSSR count). The van der Waals surface area contributed by atoms with E-state index < -0.39 is 0 Å². The lowest BCUT2D eigenvalue weighted by Gasteiger charge is -2.07. The molecule has 0 saturated heterocycles. The van der Waals surface area contributed by atoms with E-state index in [0.717, 1.165) is 34.0 Å². The van der Waals surface area contributed by atoms with Gasteiger partial charge < -0.3 is 10.3 Å². The summed E-state index contributed by atoms with van der Waals surface area (Å²) in [6.45, 7) is 4.13. The van der Waals surface area contributed by atoms with Crippen molar-refractivity contribution in [2.24, 2.45) is 15.0 Å². The molecule has 1 aromatic heterocycles.